The summed E-state index contributed by atoms with van der Waals surface area (Å²) in [7, 11) is 0. The number of alkyl halides is 1. The Morgan fingerprint density at radius 1 is 1.20 bits per heavy atom. The van der Waals surface area contributed by atoms with Crippen LogP contribution in [0.5, 0.6) is 0 Å². The van der Waals surface area contributed by atoms with Gasteiger partial charge in [-0.3, -0.25) is 0 Å². The van der Waals surface area contributed by atoms with Gasteiger partial charge in [0.15, 0.2) is 0 Å². The van der Waals surface area contributed by atoms with Crippen molar-refractivity contribution in [3.63, 3.8) is 0 Å². The predicted molar refractivity (Wildman–Crippen MR) is 46.4 cm³/mol. The first-order valence-corrected chi connectivity index (χ1v) is 4.62. The maximum atomic E-state index is 6.37. The molecule has 1 saturated carbocycles. The summed E-state index contributed by atoms with van der Waals surface area (Å²) >= 11 is 6.37. The molecule has 0 aliphatic heterocycles. The third-order valence-electron chi connectivity index (χ3n) is 3.20. The van der Waals surface area contributed by atoms with Gasteiger partial charge in [-0.15, -0.1) is 11.6 Å². The summed E-state index contributed by atoms with van der Waals surface area (Å²) in [5.41, 5.74) is 0. The molecule has 0 radical (unpaired) electrons. The maximum Gasteiger partial charge on any atom is 0.0469 e. The van der Waals surface area contributed by atoms with Crippen LogP contribution in [0.25, 0.3) is 0 Å². The van der Waals surface area contributed by atoms with Crippen LogP contribution < -0.4 is 0 Å². The molecule has 0 saturated heterocycles. The van der Waals surface area contributed by atoms with Crippen LogP contribution in [0.2, 0.25) is 0 Å². The van der Waals surface area contributed by atoms with E-state index in [-0.39, 0.29) is 4.87 Å². The van der Waals surface area contributed by atoms with Crippen LogP contribution in [-0.4, -0.2) is 4.87 Å². The minimum Gasteiger partial charge on any atom is -0.119 e. The van der Waals surface area contributed by atoms with Crippen molar-refractivity contribution in [3.8, 4) is 0 Å². The monoisotopic (exact) mass is 160 g/mol. The van der Waals surface area contributed by atoms with Crippen molar-refractivity contribution < 1.29 is 0 Å². The predicted octanol–water partition coefficient (Wildman–Crippen LogP) is 3.44. The molecule has 0 N–H and O–H groups in total. The molecule has 0 aromatic heterocycles. The molecule has 2 unspecified atom stereocenters. The highest BCUT2D eigenvalue weighted by Crippen LogP contribution is 2.42. The first-order valence-electron chi connectivity index (χ1n) is 4.24. The Morgan fingerprint density at radius 3 is 1.90 bits per heavy atom. The first kappa shape index (κ1) is 8.39. The molecule has 0 spiro atoms. The number of halogens is 1. The topological polar surface area (TPSA) is 0 Å². The highest BCUT2D eigenvalue weighted by Gasteiger charge is 2.37. The molecule has 0 aromatic carbocycles. The van der Waals surface area contributed by atoms with Crippen LogP contribution in [0.3, 0.4) is 0 Å². The third-order valence-corrected chi connectivity index (χ3v) is 3.95. The van der Waals surface area contributed by atoms with Gasteiger partial charge in [0, 0.05) is 4.87 Å². The minimum atomic E-state index is 0.0677. The lowest BCUT2D eigenvalue weighted by molar-refractivity contribution is 0.225. The Bertz CT molecular complexity index is 106. The van der Waals surface area contributed by atoms with Gasteiger partial charge in [-0.2, -0.15) is 0 Å². The molecule has 1 fully saturated rings. The molecule has 0 bridgehead atoms. The average molecular weight is 161 g/mol. The zero-order chi connectivity index (χ0) is 7.78. The standard InChI is InChI=1S/C9H17Cl/c1-7-5-4-6-8(2)9(7,3)10/h7-8H,4-6H2,1-3H3. The molecule has 10 heavy (non-hydrogen) atoms. The van der Waals surface area contributed by atoms with Gasteiger partial charge in [0.2, 0.25) is 0 Å². The van der Waals surface area contributed by atoms with Crippen LogP contribution in [-0.2, 0) is 0 Å². The van der Waals surface area contributed by atoms with Crippen molar-refractivity contribution in [2.75, 3.05) is 0 Å². The minimum absolute atomic E-state index is 0.0677. The van der Waals surface area contributed by atoms with E-state index < -0.39 is 0 Å². The summed E-state index contributed by atoms with van der Waals surface area (Å²) in [5.74, 6) is 1.39. The SMILES string of the molecule is CC1CCCC(C)C1(C)Cl. The van der Waals surface area contributed by atoms with Crippen LogP contribution in [0.15, 0.2) is 0 Å². The smallest absolute Gasteiger partial charge is 0.0469 e. The lowest BCUT2D eigenvalue weighted by Gasteiger charge is -2.39. The van der Waals surface area contributed by atoms with E-state index in [1.165, 1.54) is 19.3 Å². The van der Waals surface area contributed by atoms with Gasteiger partial charge in [0.05, 0.1) is 0 Å². The van der Waals surface area contributed by atoms with Gasteiger partial charge < -0.3 is 0 Å². The molecule has 2 atom stereocenters. The van der Waals surface area contributed by atoms with Gasteiger partial charge in [-0.1, -0.05) is 20.3 Å². The Kier molecular flexibility index (Phi) is 2.29. The van der Waals surface area contributed by atoms with E-state index in [0.29, 0.717) is 11.8 Å². The summed E-state index contributed by atoms with van der Waals surface area (Å²) in [6.07, 6.45) is 3.99. The van der Waals surface area contributed by atoms with Crippen LogP contribution in [0.1, 0.15) is 40.0 Å². The Hall–Kier alpha value is 0.290. The van der Waals surface area contributed by atoms with Crippen molar-refractivity contribution in [2.24, 2.45) is 11.8 Å². The molecule has 0 heterocycles. The van der Waals surface area contributed by atoms with Crippen LogP contribution in [0.4, 0.5) is 0 Å². The second kappa shape index (κ2) is 2.73. The summed E-state index contributed by atoms with van der Waals surface area (Å²) in [4.78, 5) is 0.0677. The molecule has 1 heteroatoms. The second-order valence-electron chi connectivity index (χ2n) is 3.88. The van der Waals surface area contributed by atoms with E-state index in [1.54, 1.807) is 0 Å². The van der Waals surface area contributed by atoms with E-state index in [2.05, 4.69) is 20.8 Å². The van der Waals surface area contributed by atoms with Crippen molar-refractivity contribution in [2.45, 2.75) is 44.9 Å². The van der Waals surface area contributed by atoms with E-state index in [1.807, 2.05) is 0 Å². The van der Waals surface area contributed by atoms with E-state index in [4.69, 9.17) is 11.6 Å². The highest BCUT2D eigenvalue weighted by atomic mass is 35.5. The van der Waals surface area contributed by atoms with Crippen molar-refractivity contribution in [3.05, 3.63) is 0 Å². The maximum absolute atomic E-state index is 6.37. The quantitative estimate of drug-likeness (QED) is 0.477. The fourth-order valence-corrected chi connectivity index (χ4v) is 2.00. The zero-order valence-electron chi connectivity index (χ0n) is 7.15. The van der Waals surface area contributed by atoms with Gasteiger partial charge in [0.1, 0.15) is 0 Å². The third kappa shape index (κ3) is 1.32. The van der Waals surface area contributed by atoms with Crippen molar-refractivity contribution in [1.82, 2.24) is 0 Å². The molecule has 60 valence electrons. The zero-order valence-corrected chi connectivity index (χ0v) is 7.91. The van der Waals surface area contributed by atoms with E-state index in [0.717, 1.165) is 0 Å². The number of rotatable bonds is 0. The number of hydrogen-bond acceptors (Lipinski definition) is 0. The normalized spacial score (nSPS) is 49.2. The largest absolute Gasteiger partial charge is 0.119 e. The van der Waals surface area contributed by atoms with E-state index >= 15 is 0 Å². The molecule has 1 aliphatic carbocycles. The number of hydrogen-bond donors (Lipinski definition) is 0. The van der Waals surface area contributed by atoms with Gasteiger partial charge in [-0.25, -0.2) is 0 Å². The molecule has 1 rings (SSSR count). The molecular formula is C9H17Cl. The summed E-state index contributed by atoms with van der Waals surface area (Å²) in [6, 6.07) is 0. The van der Waals surface area contributed by atoms with Gasteiger partial charge in [0.25, 0.3) is 0 Å². The van der Waals surface area contributed by atoms with Gasteiger partial charge in [-0.05, 0) is 31.6 Å². The van der Waals surface area contributed by atoms with Crippen LogP contribution >= 0.6 is 11.6 Å². The summed E-state index contributed by atoms with van der Waals surface area (Å²) in [5, 5.41) is 0. The molecular weight excluding hydrogens is 144 g/mol. The average Bonchev–Trinajstić information content (AvgIpc) is 1.84. The lowest BCUT2D eigenvalue weighted by atomic mass is 9.74. The molecule has 0 aromatic rings. The molecule has 0 amide bonds. The lowest BCUT2D eigenvalue weighted by Crippen LogP contribution is -2.37. The van der Waals surface area contributed by atoms with Crippen LogP contribution in [0, 0.1) is 11.8 Å². The van der Waals surface area contributed by atoms with Crippen molar-refractivity contribution in [1.29, 1.82) is 0 Å². The van der Waals surface area contributed by atoms with Gasteiger partial charge >= 0.3 is 0 Å². The fourth-order valence-electron chi connectivity index (χ4n) is 1.78. The summed E-state index contributed by atoms with van der Waals surface area (Å²) in [6.45, 7) is 6.72. The van der Waals surface area contributed by atoms with Crippen molar-refractivity contribution >= 4 is 11.6 Å². The Balaban J connectivity index is 2.63. The Morgan fingerprint density at radius 2 is 1.60 bits per heavy atom. The fraction of sp³-hybridized carbons (Fsp3) is 1.00. The summed E-state index contributed by atoms with van der Waals surface area (Å²) < 4.78 is 0. The second-order valence-corrected chi connectivity index (χ2v) is 4.70. The molecule has 1 aliphatic rings. The first-order chi connectivity index (χ1) is 4.55. The highest BCUT2D eigenvalue weighted by molar-refractivity contribution is 6.24. The van der Waals surface area contributed by atoms with E-state index in [9.17, 15) is 0 Å². The molecule has 0 nitrogen and oxygen atoms in total. The Labute approximate surface area is 69.0 Å².